The summed E-state index contributed by atoms with van der Waals surface area (Å²) in [5.41, 5.74) is 7.25. The molecule has 5 rings (SSSR count). The van der Waals surface area contributed by atoms with E-state index in [1.807, 2.05) is 0 Å². The summed E-state index contributed by atoms with van der Waals surface area (Å²) in [6.45, 7) is 4.21. The summed E-state index contributed by atoms with van der Waals surface area (Å²) in [6, 6.07) is 8.37. The highest BCUT2D eigenvalue weighted by molar-refractivity contribution is 6.25. The number of nitrogen functional groups attached to an aromatic ring is 1. The molecule has 1 unspecified atom stereocenters. The molecule has 0 radical (unpaired) electrons. The molecule has 3 aliphatic heterocycles. The van der Waals surface area contributed by atoms with E-state index in [9.17, 15) is 34.1 Å². The largest absolute Gasteiger partial charge is 0.393 e. The van der Waals surface area contributed by atoms with Crippen molar-refractivity contribution in [2.75, 3.05) is 61.8 Å². The van der Waals surface area contributed by atoms with Crippen LogP contribution in [0, 0.1) is 10.1 Å². The van der Waals surface area contributed by atoms with Gasteiger partial charge in [-0.05, 0) is 43.7 Å². The fourth-order valence-corrected chi connectivity index (χ4v) is 5.57. The van der Waals surface area contributed by atoms with E-state index >= 15 is 0 Å². The number of nitrogens with zero attached hydrogens (tertiary/aromatic N) is 4. The summed E-state index contributed by atoms with van der Waals surface area (Å²) in [5.74, 6) is -2.66. The summed E-state index contributed by atoms with van der Waals surface area (Å²) in [5, 5.41) is 18.9. The molecule has 5 amide bonds. The number of hydrogen-bond acceptors (Lipinski definition) is 11. The molecule has 2 saturated heterocycles. The number of anilines is 3. The van der Waals surface area contributed by atoms with Gasteiger partial charge in [0.1, 0.15) is 11.7 Å². The molecule has 226 valence electrons. The number of nitro benzene ring substituents is 1. The van der Waals surface area contributed by atoms with Gasteiger partial charge in [0.2, 0.25) is 17.7 Å². The number of piperazine rings is 1. The van der Waals surface area contributed by atoms with Crippen LogP contribution in [-0.4, -0.2) is 96.1 Å². The predicted molar refractivity (Wildman–Crippen MR) is 155 cm³/mol. The van der Waals surface area contributed by atoms with Crippen LogP contribution in [0.25, 0.3) is 0 Å². The van der Waals surface area contributed by atoms with Crippen LogP contribution < -0.4 is 26.6 Å². The lowest BCUT2D eigenvalue weighted by atomic mass is 10.0. The molecule has 2 aromatic rings. The molecule has 2 fully saturated rings. The van der Waals surface area contributed by atoms with E-state index in [0.717, 1.165) is 49.7 Å². The Morgan fingerprint density at radius 2 is 1.84 bits per heavy atom. The molecule has 15 heteroatoms. The molecule has 0 bridgehead atoms. The summed E-state index contributed by atoms with van der Waals surface area (Å²) in [6.07, 6.45) is 0.819. The third-order valence-electron chi connectivity index (χ3n) is 7.83. The van der Waals surface area contributed by atoms with Crippen LogP contribution in [0.4, 0.5) is 22.7 Å². The molecule has 5 N–H and O–H groups in total. The molecule has 0 spiro atoms. The molecule has 3 aliphatic rings. The highest BCUT2D eigenvalue weighted by Crippen LogP contribution is 2.32. The molecular weight excluding hydrogens is 560 g/mol. The number of fused-ring (bicyclic) bond motifs is 1. The van der Waals surface area contributed by atoms with Gasteiger partial charge < -0.3 is 21.3 Å². The van der Waals surface area contributed by atoms with E-state index in [0.29, 0.717) is 12.2 Å². The maximum Gasteiger partial charge on any atom is 0.292 e. The van der Waals surface area contributed by atoms with Crippen molar-refractivity contribution in [2.24, 2.45) is 0 Å². The van der Waals surface area contributed by atoms with Crippen molar-refractivity contribution in [3.63, 3.8) is 0 Å². The van der Waals surface area contributed by atoms with Crippen LogP contribution in [-0.2, 0) is 14.4 Å². The van der Waals surface area contributed by atoms with E-state index in [1.54, 1.807) is 24.3 Å². The number of nitrogens with two attached hydrogens (primary N) is 1. The van der Waals surface area contributed by atoms with Gasteiger partial charge in [0.15, 0.2) is 0 Å². The quantitative estimate of drug-likeness (QED) is 0.0973. The Bertz CT molecular complexity index is 1490. The van der Waals surface area contributed by atoms with Crippen LogP contribution >= 0.6 is 0 Å². The zero-order valence-electron chi connectivity index (χ0n) is 23.3. The molecule has 0 saturated carbocycles. The van der Waals surface area contributed by atoms with Gasteiger partial charge in [0, 0.05) is 56.6 Å². The predicted octanol–water partition coefficient (Wildman–Crippen LogP) is 0.319. The average Bonchev–Trinajstić information content (AvgIpc) is 3.24. The second kappa shape index (κ2) is 12.4. The molecule has 0 aliphatic carbocycles. The van der Waals surface area contributed by atoms with E-state index in [-0.39, 0.29) is 47.8 Å². The maximum atomic E-state index is 13.2. The molecule has 15 nitrogen and oxygen atoms in total. The average molecular weight is 593 g/mol. The van der Waals surface area contributed by atoms with Crippen molar-refractivity contribution in [3.8, 4) is 0 Å². The van der Waals surface area contributed by atoms with Crippen molar-refractivity contribution in [1.29, 1.82) is 0 Å². The molecular formula is C28H32N8O7. The molecule has 3 heterocycles. The summed E-state index contributed by atoms with van der Waals surface area (Å²) in [4.78, 5) is 78.2. The summed E-state index contributed by atoms with van der Waals surface area (Å²) >= 11 is 0. The van der Waals surface area contributed by atoms with Gasteiger partial charge >= 0.3 is 0 Å². The minimum Gasteiger partial charge on any atom is -0.393 e. The Labute approximate surface area is 246 Å². The number of nitrogens with one attached hydrogen (secondary N) is 3. The Morgan fingerprint density at radius 3 is 2.53 bits per heavy atom. The number of benzene rings is 2. The van der Waals surface area contributed by atoms with Gasteiger partial charge in [0.25, 0.3) is 17.5 Å². The van der Waals surface area contributed by atoms with E-state index in [4.69, 9.17) is 5.73 Å². The Balaban J connectivity index is 1.05. The molecule has 43 heavy (non-hydrogen) atoms. The zero-order valence-corrected chi connectivity index (χ0v) is 23.3. The fourth-order valence-electron chi connectivity index (χ4n) is 5.57. The topological polar surface area (TPSA) is 200 Å². The number of hydrogen-bond donors (Lipinski definition) is 4. The number of carbonyl (C=O) groups is 5. The van der Waals surface area contributed by atoms with Gasteiger partial charge in [-0.15, -0.1) is 0 Å². The monoisotopic (exact) mass is 592 g/mol. The lowest BCUT2D eigenvalue weighted by Crippen LogP contribution is -2.54. The number of rotatable bonds is 10. The Morgan fingerprint density at radius 1 is 1.07 bits per heavy atom. The van der Waals surface area contributed by atoms with Crippen molar-refractivity contribution >= 4 is 52.3 Å². The minimum atomic E-state index is -1.06. The first-order valence-corrected chi connectivity index (χ1v) is 14.0. The number of carbonyl (C=O) groups excluding carboxylic acids is 5. The highest BCUT2D eigenvalue weighted by Gasteiger charge is 2.45. The summed E-state index contributed by atoms with van der Waals surface area (Å²) < 4.78 is 0. The Hall–Kier alpha value is -5.05. The molecule has 2 aromatic carbocycles. The van der Waals surface area contributed by atoms with Crippen LogP contribution in [0.5, 0.6) is 0 Å². The van der Waals surface area contributed by atoms with Gasteiger partial charge in [-0.2, -0.15) is 0 Å². The SMILES string of the molecule is Nc1cc(N2CCN(CCCNC(=O)CNc3cccc4c3C(=O)N(C3CCC(=O)NC3=O)C4=O)CC2)ccc1[N+](=O)[O-]. The molecule has 1 atom stereocenters. The minimum absolute atomic E-state index is 0.0308. The standard InChI is InChI=1S/C28H32N8O7/c29-19-15-17(5-6-21(19)36(42)43)34-13-11-33(12-14-34)10-2-9-30-24(38)16-31-20-4-1-3-18-25(20)28(41)35(27(18)40)22-7-8-23(37)32-26(22)39/h1,3-6,15,22,31H,2,7-14,16,29H2,(H,30,38)(H,32,37,39). The number of piperidine rings is 1. The number of nitro groups is 1. The third-order valence-corrected chi connectivity index (χ3v) is 7.83. The lowest BCUT2D eigenvalue weighted by Gasteiger charge is -2.36. The van der Waals surface area contributed by atoms with E-state index in [2.05, 4.69) is 25.8 Å². The van der Waals surface area contributed by atoms with Crippen molar-refractivity contribution in [1.82, 2.24) is 20.4 Å². The highest BCUT2D eigenvalue weighted by atomic mass is 16.6. The van der Waals surface area contributed by atoms with E-state index in [1.165, 1.54) is 12.1 Å². The normalized spacial score (nSPS) is 18.8. The second-order valence-electron chi connectivity index (χ2n) is 10.6. The van der Waals surface area contributed by atoms with E-state index < -0.39 is 34.6 Å². The van der Waals surface area contributed by atoms with Crippen LogP contribution in [0.3, 0.4) is 0 Å². The van der Waals surface area contributed by atoms with Crippen molar-refractivity contribution in [2.45, 2.75) is 25.3 Å². The van der Waals surface area contributed by atoms with Crippen LogP contribution in [0.1, 0.15) is 40.0 Å². The second-order valence-corrected chi connectivity index (χ2v) is 10.6. The van der Waals surface area contributed by atoms with Crippen LogP contribution in [0.2, 0.25) is 0 Å². The summed E-state index contributed by atoms with van der Waals surface area (Å²) in [7, 11) is 0. The lowest BCUT2D eigenvalue weighted by molar-refractivity contribution is -0.383. The smallest absolute Gasteiger partial charge is 0.292 e. The van der Waals surface area contributed by atoms with Gasteiger partial charge in [-0.25, -0.2) is 0 Å². The van der Waals surface area contributed by atoms with Gasteiger partial charge in [-0.1, -0.05) is 6.07 Å². The Kier molecular flexibility index (Phi) is 8.52. The van der Waals surface area contributed by atoms with Gasteiger partial charge in [-0.3, -0.25) is 49.2 Å². The number of amides is 5. The number of imide groups is 2. The maximum absolute atomic E-state index is 13.2. The first-order chi connectivity index (χ1) is 20.6. The third kappa shape index (κ3) is 6.25. The van der Waals surface area contributed by atoms with Crippen molar-refractivity contribution < 1.29 is 28.9 Å². The molecule has 0 aromatic heterocycles. The van der Waals surface area contributed by atoms with Crippen molar-refractivity contribution in [3.05, 3.63) is 57.6 Å². The van der Waals surface area contributed by atoms with Crippen LogP contribution in [0.15, 0.2) is 36.4 Å². The first kappa shape index (κ1) is 29.4. The first-order valence-electron chi connectivity index (χ1n) is 14.0. The zero-order chi connectivity index (χ0) is 30.7. The fraction of sp³-hybridized carbons (Fsp3) is 0.393. The van der Waals surface area contributed by atoms with Gasteiger partial charge in [0.05, 0.1) is 22.6 Å².